The molecule has 0 saturated carbocycles. The lowest BCUT2D eigenvalue weighted by atomic mass is 10.0. The molecule has 0 aliphatic heterocycles. The summed E-state index contributed by atoms with van der Waals surface area (Å²) in [5.74, 6) is 1.69. The Kier molecular flexibility index (Phi) is 10.2. The smallest absolute Gasteiger partial charge is 0.104 e. The summed E-state index contributed by atoms with van der Waals surface area (Å²) >= 11 is 1.79. The largest absolute Gasteiger partial charge is 0.341 e. The van der Waals surface area contributed by atoms with Gasteiger partial charge in [-0.05, 0) is 67.8 Å². The van der Waals surface area contributed by atoms with Crippen LogP contribution in [0.4, 0.5) is 0 Å². The summed E-state index contributed by atoms with van der Waals surface area (Å²) in [6, 6.07) is 11.4. The molecule has 1 aromatic carbocycles. The highest BCUT2D eigenvalue weighted by molar-refractivity contribution is 7.97. The lowest BCUT2D eigenvalue weighted by molar-refractivity contribution is 0.442. The molecule has 0 saturated heterocycles. The number of hydrogen-bond donors (Lipinski definition) is 2. The fourth-order valence-corrected chi connectivity index (χ4v) is 3.96. The highest BCUT2D eigenvalue weighted by Crippen LogP contribution is 2.20. The van der Waals surface area contributed by atoms with Gasteiger partial charge in [0.2, 0.25) is 0 Å². The molecular formula is C24H36N4S. The van der Waals surface area contributed by atoms with Crippen LogP contribution < -0.4 is 4.72 Å². The molecule has 4 nitrogen and oxygen atoms in total. The topological polar surface area (TPSA) is 53.6 Å². The normalized spacial score (nSPS) is 12.1. The van der Waals surface area contributed by atoms with Crippen molar-refractivity contribution in [2.45, 2.75) is 77.7 Å². The number of aromatic nitrogens is 3. The van der Waals surface area contributed by atoms with Crippen molar-refractivity contribution in [3.63, 3.8) is 0 Å². The van der Waals surface area contributed by atoms with E-state index in [0.717, 1.165) is 29.2 Å². The van der Waals surface area contributed by atoms with Crippen LogP contribution in [0.1, 0.15) is 64.8 Å². The van der Waals surface area contributed by atoms with Crippen molar-refractivity contribution in [2.75, 3.05) is 0 Å². The van der Waals surface area contributed by atoms with E-state index < -0.39 is 0 Å². The summed E-state index contributed by atoms with van der Waals surface area (Å²) in [7, 11) is 0. The van der Waals surface area contributed by atoms with Crippen molar-refractivity contribution < 1.29 is 0 Å². The average molecular weight is 413 g/mol. The van der Waals surface area contributed by atoms with Crippen molar-refractivity contribution in [3.8, 4) is 0 Å². The van der Waals surface area contributed by atoms with Gasteiger partial charge in [-0.1, -0.05) is 52.7 Å². The van der Waals surface area contributed by atoms with Crippen molar-refractivity contribution in [2.24, 2.45) is 5.92 Å². The number of pyridine rings is 1. The van der Waals surface area contributed by atoms with Crippen LogP contribution in [0.15, 0.2) is 47.6 Å². The molecule has 2 N–H and O–H groups in total. The first-order chi connectivity index (χ1) is 14.0. The third kappa shape index (κ3) is 8.58. The van der Waals surface area contributed by atoms with Gasteiger partial charge in [0.1, 0.15) is 5.82 Å². The van der Waals surface area contributed by atoms with Crippen molar-refractivity contribution in [1.82, 2.24) is 19.7 Å². The third-order valence-corrected chi connectivity index (χ3v) is 5.70. The molecule has 1 atom stereocenters. The van der Waals surface area contributed by atoms with Gasteiger partial charge in [-0.15, -0.1) is 0 Å². The molecule has 0 bridgehead atoms. The van der Waals surface area contributed by atoms with E-state index in [4.69, 9.17) is 0 Å². The molecule has 5 heteroatoms. The lowest BCUT2D eigenvalue weighted by Crippen LogP contribution is -2.24. The Morgan fingerprint density at radius 2 is 1.86 bits per heavy atom. The average Bonchev–Trinajstić information content (AvgIpc) is 3.10. The Hall–Kier alpha value is -1.85. The van der Waals surface area contributed by atoms with Gasteiger partial charge in [0, 0.05) is 17.1 Å². The van der Waals surface area contributed by atoms with Crippen molar-refractivity contribution in [1.29, 1.82) is 0 Å². The van der Waals surface area contributed by atoms with Gasteiger partial charge in [-0.25, -0.2) is 4.98 Å². The van der Waals surface area contributed by atoms with Crippen molar-refractivity contribution in [3.05, 3.63) is 54.1 Å². The first kappa shape index (κ1) is 23.4. The number of imidazole rings is 1. The zero-order valence-corrected chi connectivity index (χ0v) is 19.4. The standard InChI is InChI=1S/C17H29NS.C7H7N3/c1-5-7-8-16(13-14(3)4)18-19-17-11-9-15(6-2)10-12-17;1-5-9-6-2-3-8-4-7(6)10-5/h9-12,14,16,18H,5-8,13H2,1-4H3;2-4H,1H3,(H,9,10). The second-order valence-electron chi connectivity index (χ2n) is 7.90. The maximum absolute atomic E-state index is 4.22. The molecule has 158 valence electrons. The van der Waals surface area contributed by atoms with E-state index in [-0.39, 0.29) is 0 Å². The minimum absolute atomic E-state index is 0.635. The van der Waals surface area contributed by atoms with E-state index in [0.29, 0.717) is 6.04 Å². The molecular weight excluding hydrogens is 376 g/mol. The highest BCUT2D eigenvalue weighted by Gasteiger charge is 2.10. The summed E-state index contributed by atoms with van der Waals surface area (Å²) < 4.78 is 3.66. The van der Waals surface area contributed by atoms with Gasteiger partial charge in [0.05, 0.1) is 17.2 Å². The summed E-state index contributed by atoms with van der Waals surface area (Å²) in [4.78, 5) is 12.6. The molecule has 1 unspecified atom stereocenters. The molecule has 0 fully saturated rings. The zero-order valence-electron chi connectivity index (χ0n) is 18.5. The predicted molar refractivity (Wildman–Crippen MR) is 126 cm³/mol. The van der Waals surface area contributed by atoms with E-state index in [2.05, 4.69) is 71.6 Å². The minimum atomic E-state index is 0.635. The van der Waals surface area contributed by atoms with E-state index in [1.165, 1.54) is 36.1 Å². The van der Waals surface area contributed by atoms with Crippen LogP contribution in [-0.2, 0) is 6.42 Å². The van der Waals surface area contributed by atoms with Crippen LogP contribution in [0.3, 0.4) is 0 Å². The Balaban J connectivity index is 0.000000248. The molecule has 0 aliphatic rings. The summed E-state index contributed by atoms with van der Waals surface area (Å²) in [5.41, 5.74) is 3.39. The highest BCUT2D eigenvalue weighted by atomic mass is 32.2. The third-order valence-electron chi connectivity index (χ3n) is 4.74. The summed E-state index contributed by atoms with van der Waals surface area (Å²) in [5, 5.41) is 0. The van der Waals surface area contributed by atoms with Crippen LogP contribution >= 0.6 is 11.9 Å². The summed E-state index contributed by atoms with van der Waals surface area (Å²) in [6.45, 7) is 11.0. The van der Waals surface area contributed by atoms with Gasteiger partial charge >= 0.3 is 0 Å². The minimum Gasteiger partial charge on any atom is -0.341 e. The monoisotopic (exact) mass is 412 g/mol. The number of rotatable bonds is 9. The zero-order chi connectivity index (χ0) is 21.1. The van der Waals surface area contributed by atoms with Gasteiger partial charge in [-0.2, -0.15) is 0 Å². The van der Waals surface area contributed by atoms with Gasteiger partial charge in [-0.3, -0.25) is 9.71 Å². The van der Waals surface area contributed by atoms with Crippen LogP contribution in [0.25, 0.3) is 11.0 Å². The quantitative estimate of drug-likeness (QED) is 0.383. The summed E-state index contributed by atoms with van der Waals surface area (Å²) in [6.07, 6.45) is 9.78. The number of hydrogen-bond acceptors (Lipinski definition) is 4. The second kappa shape index (κ2) is 12.7. The van der Waals surface area contributed by atoms with E-state index in [9.17, 15) is 0 Å². The fraction of sp³-hybridized carbons (Fsp3) is 0.500. The van der Waals surface area contributed by atoms with Crippen LogP contribution in [-0.4, -0.2) is 21.0 Å². The Bertz CT molecular complexity index is 793. The van der Waals surface area contributed by atoms with Gasteiger partial charge in [0.15, 0.2) is 0 Å². The lowest BCUT2D eigenvalue weighted by Gasteiger charge is -2.19. The molecule has 0 aliphatic carbocycles. The Morgan fingerprint density at radius 3 is 2.48 bits per heavy atom. The van der Waals surface area contributed by atoms with Crippen LogP contribution in [0.2, 0.25) is 0 Å². The molecule has 0 amide bonds. The maximum Gasteiger partial charge on any atom is 0.104 e. The SMILES string of the molecule is CCCCC(CC(C)C)NSc1ccc(CC)cc1.Cc1nc2ccncc2[nH]1. The number of benzene rings is 1. The van der Waals surface area contributed by atoms with E-state index in [1.54, 1.807) is 24.3 Å². The molecule has 2 aromatic heterocycles. The molecule has 29 heavy (non-hydrogen) atoms. The second-order valence-corrected chi connectivity index (χ2v) is 8.81. The van der Waals surface area contributed by atoms with E-state index >= 15 is 0 Å². The first-order valence-corrected chi connectivity index (χ1v) is 11.6. The van der Waals surface area contributed by atoms with Gasteiger partial charge in [0.25, 0.3) is 0 Å². The molecule has 0 spiro atoms. The Labute approximate surface area is 180 Å². The van der Waals surface area contributed by atoms with Crippen molar-refractivity contribution >= 4 is 23.0 Å². The molecule has 3 rings (SSSR count). The number of nitrogens with one attached hydrogen (secondary N) is 2. The first-order valence-electron chi connectivity index (χ1n) is 10.8. The molecule has 0 radical (unpaired) electrons. The number of aryl methyl sites for hydroxylation is 2. The maximum atomic E-state index is 4.22. The molecule has 3 aromatic rings. The number of aromatic amines is 1. The molecule has 2 heterocycles. The van der Waals surface area contributed by atoms with Gasteiger partial charge < -0.3 is 4.98 Å². The predicted octanol–water partition coefficient (Wildman–Crippen LogP) is 6.72. The fourth-order valence-electron chi connectivity index (χ4n) is 3.17. The number of unbranched alkanes of at least 4 members (excludes halogenated alkanes) is 1. The van der Waals surface area contributed by atoms with Crippen LogP contribution in [0.5, 0.6) is 0 Å². The van der Waals surface area contributed by atoms with E-state index in [1.807, 2.05) is 13.0 Å². The number of H-pyrrole nitrogens is 1. The number of nitrogens with zero attached hydrogens (tertiary/aromatic N) is 2. The van der Waals surface area contributed by atoms with Crippen LogP contribution in [0, 0.1) is 12.8 Å². The Morgan fingerprint density at radius 1 is 1.10 bits per heavy atom. The number of fused-ring (bicyclic) bond motifs is 1.